The lowest BCUT2D eigenvalue weighted by molar-refractivity contribution is -0.132. The Bertz CT molecular complexity index is 290. The van der Waals surface area contributed by atoms with Gasteiger partial charge in [0, 0.05) is 24.7 Å². The number of morpholine rings is 1. The van der Waals surface area contributed by atoms with Gasteiger partial charge in [-0.2, -0.15) is 0 Å². The molecule has 0 aromatic carbocycles. The van der Waals surface area contributed by atoms with Crippen molar-refractivity contribution in [1.82, 2.24) is 4.90 Å². The standard InChI is InChI=1S/C12H21NO4/c1-3-10(12(15)16)4-5-13-6-11(7-14)17-8-9(13)2/h4,9,11,14H,3,5-8H2,1-2H3,(H,15,16). The summed E-state index contributed by atoms with van der Waals surface area (Å²) in [6, 6.07) is 0.251. The van der Waals surface area contributed by atoms with Gasteiger partial charge in [-0.05, 0) is 13.3 Å². The Morgan fingerprint density at radius 1 is 1.59 bits per heavy atom. The molecule has 0 aromatic heterocycles. The van der Waals surface area contributed by atoms with Crippen molar-refractivity contribution < 1.29 is 19.7 Å². The van der Waals surface area contributed by atoms with Crippen LogP contribution in [0.3, 0.4) is 0 Å². The van der Waals surface area contributed by atoms with Crippen LogP contribution in [0.1, 0.15) is 20.3 Å². The molecule has 0 bridgehead atoms. The van der Waals surface area contributed by atoms with E-state index in [1.54, 1.807) is 6.08 Å². The summed E-state index contributed by atoms with van der Waals surface area (Å²) in [7, 11) is 0. The van der Waals surface area contributed by atoms with E-state index in [0.717, 1.165) is 0 Å². The first-order valence-electron chi connectivity index (χ1n) is 5.97. The molecular weight excluding hydrogens is 222 g/mol. The molecule has 1 fully saturated rings. The van der Waals surface area contributed by atoms with Crippen LogP contribution < -0.4 is 0 Å². The van der Waals surface area contributed by atoms with E-state index in [1.165, 1.54) is 0 Å². The molecule has 0 amide bonds. The van der Waals surface area contributed by atoms with Crippen LogP contribution in [0.4, 0.5) is 0 Å². The highest BCUT2D eigenvalue weighted by Gasteiger charge is 2.24. The number of aliphatic hydroxyl groups excluding tert-OH is 1. The van der Waals surface area contributed by atoms with Crippen LogP contribution in [0.5, 0.6) is 0 Å². The Morgan fingerprint density at radius 2 is 2.29 bits per heavy atom. The molecule has 2 N–H and O–H groups in total. The number of carboxylic acid groups (broad SMARTS) is 1. The second kappa shape index (κ2) is 6.74. The van der Waals surface area contributed by atoms with Crippen LogP contribution >= 0.6 is 0 Å². The maximum absolute atomic E-state index is 10.9. The van der Waals surface area contributed by atoms with Crippen molar-refractivity contribution in [2.24, 2.45) is 0 Å². The largest absolute Gasteiger partial charge is 0.478 e. The van der Waals surface area contributed by atoms with Gasteiger partial charge in [0.15, 0.2) is 0 Å². The van der Waals surface area contributed by atoms with E-state index in [0.29, 0.717) is 31.7 Å². The second-order valence-electron chi connectivity index (χ2n) is 4.33. The van der Waals surface area contributed by atoms with Gasteiger partial charge in [0.2, 0.25) is 0 Å². The highest BCUT2D eigenvalue weighted by Crippen LogP contribution is 2.12. The molecule has 0 radical (unpaired) electrons. The Balaban J connectivity index is 2.56. The summed E-state index contributed by atoms with van der Waals surface area (Å²) < 4.78 is 5.42. The van der Waals surface area contributed by atoms with Gasteiger partial charge in [0.05, 0.1) is 19.3 Å². The average Bonchev–Trinajstić information content (AvgIpc) is 2.31. The molecule has 0 aliphatic carbocycles. The summed E-state index contributed by atoms with van der Waals surface area (Å²) in [6.07, 6.45) is 2.12. The molecule has 0 saturated carbocycles. The van der Waals surface area contributed by atoms with Crippen LogP contribution in [0.2, 0.25) is 0 Å². The van der Waals surface area contributed by atoms with E-state index in [1.807, 2.05) is 13.8 Å². The third-order valence-electron chi connectivity index (χ3n) is 3.07. The molecule has 98 valence electrons. The van der Waals surface area contributed by atoms with Gasteiger partial charge < -0.3 is 14.9 Å². The molecule has 5 nitrogen and oxygen atoms in total. The van der Waals surface area contributed by atoms with Crippen molar-refractivity contribution >= 4 is 5.97 Å². The molecule has 1 heterocycles. The third kappa shape index (κ3) is 4.11. The van der Waals surface area contributed by atoms with E-state index < -0.39 is 5.97 Å². The van der Waals surface area contributed by atoms with Gasteiger partial charge in [-0.25, -0.2) is 4.79 Å². The molecule has 2 unspecified atom stereocenters. The summed E-state index contributed by atoms with van der Waals surface area (Å²) in [5.41, 5.74) is 0.434. The van der Waals surface area contributed by atoms with Crippen molar-refractivity contribution in [1.29, 1.82) is 0 Å². The first-order valence-corrected chi connectivity index (χ1v) is 5.97. The minimum atomic E-state index is -0.855. The quantitative estimate of drug-likeness (QED) is 0.688. The molecular formula is C12H21NO4. The Morgan fingerprint density at radius 3 is 2.82 bits per heavy atom. The fourth-order valence-electron chi connectivity index (χ4n) is 1.85. The van der Waals surface area contributed by atoms with Crippen molar-refractivity contribution in [2.75, 3.05) is 26.3 Å². The summed E-state index contributed by atoms with van der Waals surface area (Å²) in [5, 5.41) is 18.0. The van der Waals surface area contributed by atoms with E-state index in [4.69, 9.17) is 14.9 Å². The van der Waals surface area contributed by atoms with Crippen LogP contribution in [-0.4, -0.2) is 59.5 Å². The Kier molecular flexibility index (Phi) is 5.61. The highest BCUT2D eigenvalue weighted by atomic mass is 16.5. The summed E-state index contributed by atoms with van der Waals surface area (Å²) in [6.45, 7) is 5.69. The van der Waals surface area contributed by atoms with E-state index in [-0.39, 0.29) is 18.8 Å². The maximum atomic E-state index is 10.9. The minimum absolute atomic E-state index is 0.00645. The number of aliphatic hydroxyl groups is 1. The number of rotatable bonds is 5. The molecule has 1 aliphatic rings. The zero-order valence-corrected chi connectivity index (χ0v) is 10.4. The Hall–Kier alpha value is -0.910. The predicted molar refractivity (Wildman–Crippen MR) is 63.9 cm³/mol. The Labute approximate surface area is 102 Å². The van der Waals surface area contributed by atoms with Gasteiger partial charge in [-0.1, -0.05) is 13.0 Å². The molecule has 5 heteroatoms. The van der Waals surface area contributed by atoms with Crippen LogP contribution in [0.15, 0.2) is 11.6 Å². The van der Waals surface area contributed by atoms with Gasteiger partial charge in [0.1, 0.15) is 0 Å². The number of hydrogen-bond donors (Lipinski definition) is 2. The SMILES string of the molecule is CCC(=CCN1CC(CO)OCC1C)C(=O)O. The highest BCUT2D eigenvalue weighted by molar-refractivity contribution is 5.86. The lowest BCUT2D eigenvalue weighted by Gasteiger charge is -2.36. The predicted octanol–water partition coefficient (Wildman–Crippen LogP) is 0.489. The smallest absolute Gasteiger partial charge is 0.331 e. The third-order valence-corrected chi connectivity index (χ3v) is 3.07. The van der Waals surface area contributed by atoms with Crippen molar-refractivity contribution in [3.05, 3.63) is 11.6 Å². The van der Waals surface area contributed by atoms with Gasteiger partial charge in [-0.3, -0.25) is 4.90 Å². The van der Waals surface area contributed by atoms with Crippen molar-refractivity contribution in [3.63, 3.8) is 0 Å². The zero-order valence-electron chi connectivity index (χ0n) is 10.4. The fraction of sp³-hybridized carbons (Fsp3) is 0.750. The van der Waals surface area contributed by atoms with E-state index in [9.17, 15) is 4.79 Å². The number of nitrogens with zero attached hydrogens (tertiary/aromatic N) is 1. The lowest BCUT2D eigenvalue weighted by Crippen LogP contribution is -2.49. The number of aliphatic carboxylic acids is 1. The zero-order chi connectivity index (χ0) is 12.8. The summed E-state index contributed by atoms with van der Waals surface area (Å²) in [5.74, 6) is -0.855. The van der Waals surface area contributed by atoms with Crippen LogP contribution in [0.25, 0.3) is 0 Å². The van der Waals surface area contributed by atoms with Crippen LogP contribution in [-0.2, 0) is 9.53 Å². The van der Waals surface area contributed by atoms with Gasteiger partial charge in [0.25, 0.3) is 0 Å². The normalized spacial score (nSPS) is 27.1. The topological polar surface area (TPSA) is 70.0 Å². The monoisotopic (exact) mass is 243 g/mol. The lowest BCUT2D eigenvalue weighted by atomic mass is 10.1. The van der Waals surface area contributed by atoms with Gasteiger partial charge in [-0.15, -0.1) is 0 Å². The average molecular weight is 243 g/mol. The van der Waals surface area contributed by atoms with Gasteiger partial charge >= 0.3 is 5.97 Å². The maximum Gasteiger partial charge on any atom is 0.331 e. The molecule has 1 rings (SSSR count). The first-order chi connectivity index (χ1) is 8.08. The molecule has 1 aliphatic heterocycles. The summed E-state index contributed by atoms with van der Waals surface area (Å²) >= 11 is 0. The van der Waals surface area contributed by atoms with Crippen LogP contribution in [0, 0.1) is 0 Å². The number of carbonyl (C=O) groups is 1. The fourth-order valence-corrected chi connectivity index (χ4v) is 1.85. The van der Waals surface area contributed by atoms with E-state index >= 15 is 0 Å². The molecule has 1 saturated heterocycles. The molecule has 0 spiro atoms. The molecule has 2 atom stereocenters. The van der Waals surface area contributed by atoms with Crippen molar-refractivity contribution in [3.8, 4) is 0 Å². The summed E-state index contributed by atoms with van der Waals surface area (Å²) in [4.78, 5) is 13.0. The first kappa shape index (κ1) is 14.2. The number of carboxylic acids is 1. The van der Waals surface area contributed by atoms with Crippen molar-refractivity contribution in [2.45, 2.75) is 32.4 Å². The molecule has 0 aromatic rings. The second-order valence-corrected chi connectivity index (χ2v) is 4.33. The minimum Gasteiger partial charge on any atom is -0.478 e. The number of ether oxygens (including phenoxy) is 1. The van der Waals surface area contributed by atoms with E-state index in [2.05, 4.69) is 4.90 Å². The number of hydrogen-bond acceptors (Lipinski definition) is 4. The molecule has 17 heavy (non-hydrogen) atoms.